The van der Waals surface area contributed by atoms with Crippen molar-refractivity contribution in [2.75, 3.05) is 11.5 Å². The zero-order valence-corrected chi connectivity index (χ0v) is 8.86. The van der Waals surface area contributed by atoms with E-state index in [0.29, 0.717) is 11.7 Å². The predicted octanol–water partition coefficient (Wildman–Crippen LogP) is 1.94. The maximum absolute atomic E-state index is 11.3. The van der Waals surface area contributed by atoms with Gasteiger partial charge in [0.15, 0.2) is 0 Å². The molecule has 0 aromatic rings. The van der Waals surface area contributed by atoms with Gasteiger partial charge in [-0.1, -0.05) is 13.8 Å². The highest BCUT2D eigenvalue weighted by Crippen LogP contribution is 2.03. The van der Waals surface area contributed by atoms with Gasteiger partial charge in [-0.2, -0.15) is 5.26 Å². The summed E-state index contributed by atoms with van der Waals surface area (Å²) in [6.45, 7) is 6.04. The molecule has 0 saturated heterocycles. The molecule has 0 aromatic heterocycles. The first-order valence-electron chi connectivity index (χ1n) is 4.30. The van der Waals surface area contributed by atoms with Gasteiger partial charge in [-0.15, -0.1) is 0 Å². The van der Waals surface area contributed by atoms with Gasteiger partial charge in [0.2, 0.25) is 0 Å². The highest BCUT2D eigenvalue weighted by atomic mass is 32.2. The maximum Gasteiger partial charge on any atom is 0.0662 e. The third-order valence-electron chi connectivity index (χ3n) is 1.58. The molecule has 0 aliphatic heterocycles. The van der Waals surface area contributed by atoms with E-state index in [0.717, 1.165) is 12.2 Å². The van der Waals surface area contributed by atoms with Crippen LogP contribution in [-0.4, -0.2) is 15.7 Å². The van der Waals surface area contributed by atoms with Gasteiger partial charge >= 0.3 is 0 Å². The van der Waals surface area contributed by atoms with Crippen molar-refractivity contribution < 1.29 is 4.21 Å². The van der Waals surface area contributed by atoms with Crippen molar-refractivity contribution in [2.45, 2.75) is 27.2 Å². The molecule has 2 nitrogen and oxygen atoms in total. The fourth-order valence-electron chi connectivity index (χ4n) is 0.767. The summed E-state index contributed by atoms with van der Waals surface area (Å²) in [4.78, 5) is 0. The number of nitrogens with zero attached hydrogens (tertiary/aromatic N) is 1. The topological polar surface area (TPSA) is 40.9 Å². The van der Waals surface area contributed by atoms with E-state index in [1.54, 1.807) is 0 Å². The molecular weight excluding hydrogens is 170 g/mol. The fourth-order valence-corrected chi connectivity index (χ4v) is 2.30. The third-order valence-corrected chi connectivity index (χ3v) is 3.14. The first kappa shape index (κ1) is 11.6. The van der Waals surface area contributed by atoms with Crippen LogP contribution in [0.4, 0.5) is 0 Å². The lowest BCUT2D eigenvalue weighted by molar-refractivity contribution is 0.617. The molecular formula is C9H17NOS. The van der Waals surface area contributed by atoms with Crippen molar-refractivity contribution in [3.63, 3.8) is 0 Å². The van der Waals surface area contributed by atoms with Gasteiger partial charge in [0.1, 0.15) is 0 Å². The molecule has 0 aromatic carbocycles. The minimum absolute atomic E-state index is 0.0713. The number of hydrogen-bond acceptors (Lipinski definition) is 2. The van der Waals surface area contributed by atoms with Crippen LogP contribution >= 0.6 is 0 Å². The Labute approximate surface area is 77.4 Å². The highest BCUT2D eigenvalue weighted by Gasteiger charge is 2.06. The molecule has 0 radical (unpaired) electrons. The molecule has 0 heterocycles. The van der Waals surface area contributed by atoms with Crippen LogP contribution in [0, 0.1) is 23.2 Å². The number of rotatable bonds is 5. The van der Waals surface area contributed by atoms with E-state index in [1.807, 2.05) is 6.92 Å². The third kappa shape index (κ3) is 6.36. The van der Waals surface area contributed by atoms with Gasteiger partial charge in [0, 0.05) is 22.3 Å². The smallest absolute Gasteiger partial charge is 0.0662 e. The monoisotopic (exact) mass is 187 g/mol. The Kier molecular flexibility index (Phi) is 6.00. The van der Waals surface area contributed by atoms with Crippen LogP contribution in [0.25, 0.3) is 0 Å². The summed E-state index contributed by atoms with van der Waals surface area (Å²) in [6, 6.07) is 2.09. The van der Waals surface area contributed by atoms with Crippen LogP contribution in [0.3, 0.4) is 0 Å². The van der Waals surface area contributed by atoms with Crippen molar-refractivity contribution in [2.24, 2.45) is 11.8 Å². The molecule has 0 aliphatic rings. The molecule has 2 unspecified atom stereocenters. The summed E-state index contributed by atoms with van der Waals surface area (Å²) in [5, 5.41) is 8.48. The Bertz CT molecular complexity index is 183. The Hall–Kier alpha value is -0.360. The molecule has 70 valence electrons. The normalized spacial score (nSPS) is 15.6. The Morgan fingerprint density at radius 2 is 2.00 bits per heavy atom. The van der Waals surface area contributed by atoms with Crippen molar-refractivity contribution in [3.05, 3.63) is 0 Å². The summed E-state index contributed by atoms with van der Waals surface area (Å²) in [5.41, 5.74) is 0. The van der Waals surface area contributed by atoms with E-state index in [9.17, 15) is 4.21 Å². The first-order valence-corrected chi connectivity index (χ1v) is 5.79. The van der Waals surface area contributed by atoms with E-state index in [4.69, 9.17) is 5.26 Å². The molecule has 0 amide bonds. The predicted molar refractivity (Wildman–Crippen MR) is 52.1 cm³/mol. The standard InChI is InChI=1S/C9H17NOS/c1-8(2)4-5-12(11)7-9(3)6-10/h8-9H,4-5,7H2,1-3H3. The number of nitriles is 1. The quantitative estimate of drug-likeness (QED) is 0.660. The molecule has 2 atom stereocenters. The second kappa shape index (κ2) is 6.19. The zero-order chi connectivity index (χ0) is 9.56. The molecule has 0 N–H and O–H groups in total. The van der Waals surface area contributed by atoms with E-state index in [1.165, 1.54) is 0 Å². The first-order chi connectivity index (χ1) is 5.56. The summed E-state index contributed by atoms with van der Waals surface area (Å²) in [6.07, 6.45) is 0.991. The van der Waals surface area contributed by atoms with Crippen molar-refractivity contribution in [3.8, 4) is 6.07 Å². The van der Waals surface area contributed by atoms with E-state index < -0.39 is 10.8 Å². The van der Waals surface area contributed by atoms with Crippen molar-refractivity contribution >= 4 is 10.8 Å². The average Bonchev–Trinajstić information content (AvgIpc) is 2.00. The zero-order valence-electron chi connectivity index (χ0n) is 8.04. The summed E-state index contributed by atoms with van der Waals surface area (Å²) in [7, 11) is -0.793. The number of hydrogen-bond donors (Lipinski definition) is 0. The van der Waals surface area contributed by atoms with Crippen LogP contribution in [0.15, 0.2) is 0 Å². The van der Waals surface area contributed by atoms with Crippen LogP contribution in [0.2, 0.25) is 0 Å². The lowest BCUT2D eigenvalue weighted by Crippen LogP contribution is -2.10. The molecule has 0 rings (SSSR count). The van der Waals surface area contributed by atoms with E-state index >= 15 is 0 Å². The minimum Gasteiger partial charge on any atom is -0.260 e. The lowest BCUT2D eigenvalue weighted by atomic mass is 10.2. The molecule has 0 bridgehead atoms. The van der Waals surface area contributed by atoms with Crippen molar-refractivity contribution in [1.29, 1.82) is 5.26 Å². The SMILES string of the molecule is CC(C)CCS(=O)CC(C)C#N. The molecule has 3 heteroatoms. The molecule has 0 fully saturated rings. The van der Waals surface area contributed by atoms with Crippen LogP contribution in [0.1, 0.15) is 27.2 Å². The Morgan fingerprint density at radius 3 is 2.42 bits per heavy atom. The summed E-state index contributed by atoms with van der Waals surface area (Å²) in [5.74, 6) is 1.80. The van der Waals surface area contributed by atoms with Gasteiger partial charge in [-0.3, -0.25) is 4.21 Å². The lowest BCUT2D eigenvalue weighted by Gasteiger charge is -2.05. The van der Waals surface area contributed by atoms with E-state index in [2.05, 4.69) is 19.9 Å². The average molecular weight is 187 g/mol. The van der Waals surface area contributed by atoms with Crippen LogP contribution < -0.4 is 0 Å². The van der Waals surface area contributed by atoms with Gasteiger partial charge in [-0.05, 0) is 19.3 Å². The summed E-state index contributed by atoms with van der Waals surface area (Å²) >= 11 is 0. The second-order valence-electron chi connectivity index (χ2n) is 3.52. The maximum atomic E-state index is 11.3. The minimum atomic E-state index is -0.793. The van der Waals surface area contributed by atoms with E-state index in [-0.39, 0.29) is 5.92 Å². The largest absolute Gasteiger partial charge is 0.260 e. The highest BCUT2D eigenvalue weighted by molar-refractivity contribution is 7.84. The molecule has 12 heavy (non-hydrogen) atoms. The fraction of sp³-hybridized carbons (Fsp3) is 0.889. The van der Waals surface area contributed by atoms with Crippen LogP contribution in [-0.2, 0) is 10.8 Å². The Morgan fingerprint density at radius 1 is 1.42 bits per heavy atom. The molecule has 0 spiro atoms. The van der Waals surface area contributed by atoms with Crippen molar-refractivity contribution in [1.82, 2.24) is 0 Å². The molecule has 0 aliphatic carbocycles. The van der Waals surface area contributed by atoms with Crippen LogP contribution in [0.5, 0.6) is 0 Å². The van der Waals surface area contributed by atoms with Gasteiger partial charge < -0.3 is 0 Å². The summed E-state index contributed by atoms with van der Waals surface area (Å²) < 4.78 is 11.3. The Balaban J connectivity index is 3.55. The molecule has 0 saturated carbocycles. The van der Waals surface area contributed by atoms with Gasteiger partial charge in [-0.25, -0.2) is 0 Å². The second-order valence-corrected chi connectivity index (χ2v) is 5.14. The van der Waals surface area contributed by atoms with Gasteiger partial charge in [0.25, 0.3) is 0 Å². The van der Waals surface area contributed by atoms with Gasteiger partial charge in [0.05, 0.1) is 12.0 Å².